The number of anilines is 1. The van der Waals surface area contributed by atoms with Crippen LogP contribution in [-0.4, -0.2) is 58.1 Å². The molecule has 1 aromatic rings. The summed E-state index contributed by atoms with van der Waals surface area (Å²) in [5.41, 5.74) is -0.858. The maximum Gasteiger partial charge on any atom is 0.407 e. The lowest BCUT2D eigenvalue weighted by Gasteiger charge is -2.37. The fourth-order valence-electron chi connectivity index (χ4n) is 7.12. The molecular formula is C32H46FN3O6. The number of hydrogen-bond donors (Lipinski definition) is 3. The van der Waals surface area contributed by atoms with Crippen LogP contribution in [0.5, 0.6) is 0 Å². The van der Waals surface area contributed by atoms with Crippen molar-refractivity contribution in [2.45, 2.75) is 110 Å². The van der Waals surface area contributed by atoms with E-state index in [0.717, 1.165) is 51.0 Å². The molecule has 42 heavy (non-hydrogen) atoms. The Labute approximate surface area is 247 Å². The second-order valence-electron chi connectivity index (χ2n) is 13.4. The van der Waals surface area contributed by atoms with Gasteiger partial charge in [-0.2, -0.15) is 0 Å². The largest absolute Gasteiger partial charge is 0.478 e. The highest BCUT2D eigenvalue weighted by molar-refractivity contribution is 5.98. The Hall–Kier alpha value is -3.17. The molecule has 10 heteroatoms. The Morgan fingerprint density at radius 3 is 2.26 bits per heavy atom. The quantitative estimate of drug-likeness (QED) is 0.361. The number of halogens is 1. The number of nitrogens with one attached hydrogen (secondary N) is 2. The molecule has 0 aromatic heterocycles. The van der Waals surface area contributed by atoms with E-state index in [1.165, 1.54) is 18.6 Å². The molecule has 0 spiro atoms. The van der Waals surface area contributed by atoms with Crippen LogP contribution in [0.1, 0.15) is 102 Å². The number of carboxylic acids is 1. The number of amides is 3. The summed E-state index contributed by atoms with van der Waals surface area (Å²) in [6.45, 7) is 7.93. The number of hydrogen-bond acceptors (Lipinski definition) is 5. The zero-order valence-corrected chi connectivity index (χ0v) is 25.3. The van der Waals surface area contributed by atoms with Crippen molar-refractivity contribution in [2.75, 3.05) is 11.9 Å². The molecular weight excluding hydrogens is 541 g/mol. The number of rotatable bonds is 7. The molecule has 1 saturated heterocycles. The number of nitrogens with zero attached hydrogens (tertiary/aromatic N) is 1. The summed E-state index contributed by atoms with van der Waals surface area (Å²) in [5.74, 6) is -2.15. The highest BCUT2D eigenvalue weighted by Gasteiger charge is 2.47. The third-order valence-electron chi connectivity index (χ3n) is 9.30. The molecule has 1 unspecified atom stereocenters. The topological polar surface area (TPSA) is 125 Å². The molecule has 2 aliphatic carbocycles. The van der Waals surface area contributed by atoms with Crippen molar-refractivity contribution in [2.24, 2.45) is 23.7 Å². The number of carbonyl (C=O) groups excluding carboxylic acids is 3. The van der Waals surface area contributed by atoms with Gasteiger partial charge in [-0.3, -0.25) is 9.59 Å². The number of carboxylic acid groups (broad SMARTS) is 1. The van der Waals surface area contributed by atoms with Gasteiger partial charge in [-0.15, -0.1) is 0 Å². The van der Waals surface area contributed by atoms with Crippen molar-refractivity contribution in [3.05, 3.63) is 29.6 Å². The van der Waals surface area contributed by atoms with E-state index in [1.54, 1.807) is 4.90 Å². The molecule has 0 bridgehead atoms. The van der Waals surface area contributed by atoms with Gasteiger partial charge in [0, 0.05) is 18.5 Å². The normalized spacial score (nSPS) is 25.9. The second-order valence-corrected chi connectivity index (χ2v) is 13.4. The number of carbonyl (C=O) groups is 4. The van der Waals surface area contributed by atoms with Gasteiger partial charge in [-0.1, -0.05) is 32.1 Å². The first kappa shape index (κ1) is 31.8. The van der Waals surface area contributed by atoms with Crippen LogP contribution in [0.4, 0.5) is 14.9 Å². The molecule has 3 amide bonds. The SMILES string of the molecule is CC(NC(=O)OC(C)(C)C)C1CCC(C(=O)N2CC[C@H](C3CCCCC3)[C@H]2C(=O)Nc2ccc(C(=O)O)cc2F)CC1. The molecule has 2 saturated carbocycles. The van der Waals surface area contributed by atoms with Crippen LogP contribution in [0.2, 0.25) is 0 Å². The van der Waals surface area contributed by atoms with Gasteiger partial charge in [-0.25, -0.2) is 14.0 Å². The van der Waals surface area contributed by atoms with Crippen molar-refractivity contribution in [3.8, 4) is 0 Å². The average molecular weight is 588 g/mol. The van der Waals surface area contributed by atoms with Gasteiger partial charge in [0.25, 0.3) is 0 Å². The summed E-state index contributed by atoms with van der Waals surface area (Å²) in [4.78, 5) is 52.8. The number of ether oxygens (including phenoxy) is 1. The smallest absolute Gasteiger partial charge is 0.407 e. The summed E-state index contributed by atoms with van der Waals surface area (Å²) in [6, 6.07) is 2.64. The molecule has 1 heterocycles. The third-order valence-corrected chi connectivity index (χ3v) is 9.30. The Morgan fingerprint density at radius 1 is 1.00 bits per heavy atom. The third kappa shape index (κ3) is 7.81. The Kier molecular flexibility index (Phi) is 10.1. The Bertz CT molecular complexity index is 1150. The van der Waals surface area contributed by atoms with E-state index in [9.17, 15) is 23.6 Å². The highest BCUT2D eigenvalue weighted by Crippen LogP contribution is 2.41. The molecule has 1 aromatic carbocycles. The first-order chi connectivity index (χ1) is 19.8. The second kappa shape index (κ2) is 13.4. The van der Waals surface area contributed by atoms with Gasteiger partial charge in [0.2, 0.25) is 11.8 Å². The highest BCUT2D eigenvalue weighted by atomic mass is 19.1. The number of likely N-dealkylation sites (tertiary alicyclic amines) is 1. The van der Waals surface area contributed by atoms with E-state index in [4.69, 9.17) is 9.84 Å². The summed E-state index contributed by atoms with van der Waals surface area (Å²) < 4.78 is 20.1. The first-order valence-corrected chi connectivity index (χ1v) is 15.5. The van der Waals surface area contributed by atoms with E-state index in [1.807, 2.05) is 27.7 Å². The summed E-state index contributed by atoms with van der Waals surface area (Å²) >= 11 is 0. The van der Waals surface area contributed by atoms with E-state index in [-0.39, 0.29) is 41.0 Å². The predicted octanol–water partition coefficient (Wildman–Crippen LogP) is 5.98. The van der Waals surface area contributed by atoms with Crippen LogP contribution in [-0.2, 0) is 14.3 Å². The van der Waals surface area contributed by atoms with Crippen LogP contribution < -0.4 is 10.6 Å². The van der Waals surface area contributed by atoms with Crippen molar-refractivity contribution < 1.29 is 33.4 Å². The molecule has 3 atom stereocenters. The lowest BCUT2D eigenvalue weighted by molar-refractivity contribution is -0.142. The summed E-state index contributed by atoms with van der Waals surface area (Å²) in [5, 5.41) is 14.8. The van der Waals surface area contributed by atoms with Crippen molar-refractivity contribution >= 4 is 29.6 Å². The zero-order chi connectivity index (χ0) is 30.6. The van der Waals surface area contributed by atoms with E-state index >= 15 is 0 Å². The van der Waals surface area contributed by atoms with E-state index < -0.39 is 35.4 Å². The molecule has 4 rings (SSSR count). The van der Waals surface area contributed by atoms with Gasteiger partial charge in [0.1, 0.15) is 17.5 Å². The fourth-order valence-corrected chi connectivity index (χ4v) is 7.12. The maximum absolute atomic E-state index is 14.7. The minimum absolute atomic E-state index is 0.00462. The number of aromatic carboxylic acids is 1. The molecule has 9 nitrogen and oxygen atoms in total. The van der Waals surface area contributed by atoms with Gasteiger partial charge >= 0.3 is 12.1 Å². The number of benzene rings is 1. The number of alkyl carbamates (subject to hydrolysis) is 1. The van der Waals surface area contributed by atoms with Crippen molar-refractivity contribution in [1.82, 2.24) is 10.2 Å². The van der Waals surface area contributed by atoms with Gasteiger partial charge in [0.05, 0.1) is 11.3 Å². The van der Waals surface area contributed by atoms with Crippen LogP contribution in [0.25, 0.3) is 0 Å². The monoisotopic (exact) mass is 587 g/mol. The molecule has 3 aliphatic rings. The van der Waals surface area contributed by atoms with Gasteiger partial charge in [-0.05, 0) is 95.8 Å². The molecule has 0 radical (unpaired) electrons. The average Bonchev–Trinajstić information content (AvgIpc) is 3.38. The van der Waals surface area contributed by atoms with E-state index in [0.29, 0.717) is 25.3 Å². The van der Waals surface area contributed by atoms with Crippen molar-refractivity contribution in [1.29, 1.82) is 0 Å². The molecule has 3 N–H and O–H groups in total. The minimum atomic E-state index is -1.25. The lowest BCUT2D eigenvalue weighted by atomic mass is 9.76. The maximum atomic E-state index is 14.7. The molecule has 232 valence electrons. The first-order valence-electron chi connectivity index (χ1n) is 15.5. The molecule has 3 fully saturated rings. The Balaban J connectivity index is 1.43. The van der Waals surface area contributed by atoms with E-state index in [2.05, 4.69) is 10.6 Å². The minimum Gasteiger partial charge on any atom is -0.478 e. The van der Waals surface area contributed by atoms with Gasteiger partial charge < -0.3 is 25.4 Å². The summed E-state index contributed by atoms with van der Waals surface area (Å²) in [6.07, 6.45) is 8.63. The van der Waals surface area contributed by atoms with Crippen LogP contribution in [0.3, 0.4) is 0 Å². The van der Waals surface area contributed by atoms with Crippen molar-refractivity contribution in [3.63, 3.8) is 0 Å². The fraction of sp³-hybridized carbons (Fsp3) is 0.688. The zero-order valence-electron chi connectivity index (χ0n) is 25.3. The Morgan fingerprint density at radius 2 is 1.67 bits per heavy atom. The standard InChI is InChI=1S/C32H46FN3O6/c1-19(34-31(41)42-32(2,3)4)20-10-12-22(13-11-20)29(38)36-17-16-24(21-8-6-5-7-9-21)27(36)28(37)35-26-15-14-23(30(39)40)18-25(26)33/h14-15,18-22,24,27H,5-13,16-17H2,1-4H3,(H,34,41)(H,35,37)(H,39,40)/t19?,20?,22?,24-,27+/m1/s1. The lowest BCUT2D eigenvalue weighted by Crippen LogP contribution is -2.50. The summed E-state index contributed by atoms with van der Waals surface area (Å²) in [7, 11) is 0. The van der Waals surface area contributed by atoms with Crippen LogP contribution in [0, 0.1) is 29.5 Å². The molecule has 1 aliphatic heterocycles. The van der Waals surface area contributed by atoms with Crippen LogP contribution >= 0.6 is 0 Å². The van der Waals surface area contributed by atoms with Crippen LogP contribution in [0.15, 0.2) is 18.2 Å². The predicted molar refractivity (Wildman–Crippen MR) is 156 cm³/mol. The van der Waals surface area contributed by atoms with Gasteiger partial charge in [0.15, 0.2) is 0 Å².